The molecule has 28 heavy (non-hydrogen) atoms. The van der Waals surface area contributed by atoms with Crippen molar-refractivity contribution in [3.05, 3.63) is 40.6 Å². The van der Waals surface area contributed by atoms with Crippen molar-refractivity contribution >= 4 is 27.6 Å². The van der Waals surface area contributed by atoms with Gasteiger partial charge in [-0.05, 0) is 66.8 Å². The average molecular weight is 401 g/mol. The van der Waals surface area contributed by atoms with E-state index in [0.29, 0.717) is 5.82 Å². The van der Waals surface area contributed by atoms with Gasteiger partial charge in [0.2, 0.25) is 0 Å². The number of aromatic nitrogens is 2. The highest BCUT2D eigenvalue weighted by Crippen LogP contribution is 2.38. The Morgan fingerprint density at radius 2 is 1.71 bits per heavy atom. The lowest BCUT2D eigenvalue weighted by atomic mass is 9.99. The van der Waals surface area contributed by atoms with E-state index < -0.39 is 21.2 Å². The molecule has 2 aliphatic carbocycles. The highest BCUT2D eigenvalue weighted by molar-refractivity contribution is 7.89. The van der Waals surface area contributed by atoms with Crippen molar-refractivity contribution in [3.63, 3.8) is 0 Å². The number of anilines is 2. The molecule has 4 rings (SSSR count). The Hall–Kier alpha value is -2.68. The fraction of sp³-hybridized carbons (Fsp3) is 0.421. The maximum absolute atomic E-state index is 12.6. The molecule has 0 spiro atoms. The lowest BCUT2D eigenvalue weighted by Gasteiger charge is -2.16. The number of sulfonamides is 1. The fourth-order valence-corrected chi connectivity index (χ4v) is 4.78. The molecule has 0 bridgehead atoms. The molecular formula is C19H23N5O3S. The zero-order valence-electron chi connectivity index (χ0n) is 15.9. The highest BCUT2D eigenvalue weighted by atomic mass is 32.2. The molecule has 1 heterocycles. The first-order valence-corrected chi connectivity index (χ1v) is 10.8. The summed E-state index contributed by atoms with van der Waals surface area (Å²) in [4.78, 5) is 22.0. The third-order valence-corrected chi connectivity index (χ3v) is 6.39. The predicted octanol–water partition coefficient (Wildman–Crippen LogP) is 2.03. The van der Waals surface area contributed by atoms with Gasteiger partial charge in [-0.15, -0.1) is 0 Å². The number of benzene rings is 1. The summed E-state index contributed by atoms with van der Waals surface area (Å²) in [5.41, 5.74) is 5.60. The third-order valence-electron chi connectivity index (χ3n) is 5.26. The molecule has 0 saturated carbocycles. The molecular weight excluding hydrogens is 378 g/mol. The minimum atomic E-state index is -4.17. The molecule has 0 fully saturated rings. The number of amides is 2. The smallest absolute Gasteiger partial charge is 0.333 e. The van der Waals surface area contributed by atoms with Crippen molar-refractivity contribution in [1.29, 1.82) is 0 Å². The number of fused-ring (bicyclic) bond motifs is 2. The molecule has 0 radical (unpaired) electrons. The number of hydrogen-bond acceptors (Lipinski definition) is 6. The minimum absolute atomic E-state index is 0.433. The van der Waals surface area contributed by atoms with E-state index in [9.17, 15) is 13.2 Å². The van der Waals surface area contributed by atoms with Crippen molar-refractivity contribution in [3.8, 4) is 0 Å². The number of urea groups is 1. The molecule has 0 atom stereocenters. The van der Waals surface area contributed by atoms with Crippen LogP contribution in [0.25, 0.3) is 0 Å². The topological polar surface area (TPSA) is 104 Å². The van der Waals surface area contributed by atoms with Gasteiger partial charge in [-0.1, -0.05) is 6.07 Å². The van der Waals surface area contributed by atoms with Gasteiger partial charge in [-0.25, -0.2) is 14.5 Å². The Balaban J connectivity index is 1.58. The Bertz CT molecular complexity index is 1020. The van der Waals surface area contributed by atoms with Crippen LogP contribution in [-0.4, -0.2) is 38.5 Å². The maximum atomic E-state index is 12.6. The number of rotatable bonds is 4. The van der Waals surface area contributed by atoms with Crippen molar-refractivity contribution < 1.29 is 13.2 Å². The normalized spacial score (nSPS) is 15.1. The molecule has 0 aliphatic heterocycles. The number of hydrogen-bond donors (Lipinski definition) is 2. The second-order valence-electron chi connectivity index (χ2n) is 7.39. The summed E-state index contributed by atoms with van der Waals surface area (Å²) in [5.74, 6) is 0.439. The van der Waals surface area contributed by atoms with Crippen LogP contribution in [0.1, 0.15) is 35.1 Å². The van der Waals surface area contributed by atoms with E-state index in [0.717, 1.165) is 55.3 Å². The highest BCUT2D eigenvalue weighted by Gasteiger charge is 2.27. The number of carbonyl (C=O) groups excluding carboxylic acids is 1. The van der Waals surface area contributed by atoms with Gasteiger partial charge in [-0.3, -0.25) is 0 Å². The zero-order valence-corrected chi connectivity index (χ0v) is 16.8. The first-order valence-electron chi connectivity index (χ1n) is 9.36. The summed E-state index contributed by atoms with van der Waals surface area (Å²) < 4.78 is 27.2. The van der Waals surface area contributed by atoms with E-state index in [-0.39, 0.29) is 0 Å². The Labute approximate surface area is 164 Å². The summed E-state index contributed by atoms with van der Waals surface area (Å²) in [5, 5.41) is 2.38. The van der Waals surface area contributed by atoms with Crippen LogP contribution in [-0.2, 0) is 35.7 Å². The summed E-state index contributed by atoms with van der Waals surface area (Å²) in [6.45, 7) is 0. The third kappa shape index (κ3) is 3.42. The van der Waals surface area contributed by atoms with E-state index in [1.54, 1.807) is 25.1 Å². The lowest BCUT2D eigenvalue weighted by Crippen LogP contribution is -2.36. The molecule has 148 valence electrons. The van der Waals surface area contributed by atoms with Gasteiger partial charge >= 0.3 is 16.1 Å². The Morgan fingerprint density at radius 1 is 1.07 bits per heavy atom. The monoisotopic (exact) mass is 401 g/mol. The van der Waals surface area contributed by atoms with Crippen molar-refractivity contribution in [1.82, 2.24) is 14.7 Å². The number of nitrogens with zero attached hydrogens (tertiary/aromatic N) is 3. The van der Waals surface area contributed by atoms with Crippen molar-refractivity contribution in [2.75, 3.05) is 24.3 Å². The van der Waals surface area contributed by atoms with Gasteiger partial charge in [0.25, 0.3) is 5.16 Å². The standard InChI is InChI=1S/C19H23N5O3S/c1-24(2)16-9-10-20-19(21-16)28(26,27)23-18(25)22-17-14-7-3-5-12(14)11-13-6-4-8-15(13)17/h9-11H,3-8H2,1-2H3,(H2,22,23,25). The fourth-order valence-electron chi connectivity index (χ4n) is 3.98. The first kappa shape index (κ1) is 18.7. The second-order valence-corrected chi connectivity index (χ2v) is 8.96. The summed E-state index contributed by atoms with van der Waals surface area (Å²) in [7, 11) is -0.684. The minimum Gasteiger partial charge on any atom is -0.363 e. The van der Waals surface area contributed by atoms with Crippen LogP contribution < -0.4 is 14.9 Å². The molecule has 9 heteroatoms. The summed E-state index contributed by atoms with van der Waals surface area (Å²) in [6.07, 6.45) is 7.27. The van der Waals surface area contributed by atoms with Gasteiger partial charge in [0, 0.05) is 26.0 Å². The second kappa shape index (κ2) is 7.05. The number of aryl methyl sites for hydroxylation is 2. The molecule has 1 aromatic carbocycles. The maximum Gasteiger partial charge on any atom is 0.333 e. The molecule has 0 saturated heterocycles. The van der Waals surface area contributed by atoms with Gasteiger partial charge in [0.1, 0.15) is 5.82 Å². The van der Waals surface area contributed by atoms with E-state index in [1.165, 1.54) is 17.3 Å². The van der Waals surface area contributed by atoms with Gasteiger partial charge in [0.15, 0.2) is 0 Å². The van der Waals surface area contributed by atoms with E-state index in [4.69, 9.17) is 0 Å². The summed E-state index contributed by atoms with van der Waals surface area (Å²) in [6, 6.07) is 3.06. The molecule has 2 aromatic rings. The Kier molecular flexibility index (Phi) is 4.70. The van der Waals surface area contributed by atoms with Crippen LogP contribution >= 0.6 is 0 Å². The Morgan fingerprint density at radius 3 is 2.32 bits per heavy atom. The van der Waals surface area contributed by atoms with Gasteiger partial charge in [-0.2, -0.15) is 13.4 Å². The van der Waals surface area contributed by atoms with Crippen LogP contribution in [0.5, 0.6) is 0 Å². The molecule has 2 amide bonds. The number of nitrogens with one attached hydrogen (secondary N) is 2. The SMILES string of the molecule is CN(C)c1ccnc(S(=O)(=O)NC(=O)Nc2c3c(cc4c2CCC4)CCC3)n1. The predicted molar refractivity (Wildman–Crippen MR) is 106 cm³/mol. The largest absolute Gasteiger partial charge is 0.363 e. The van der Waals surface area contributed by atoms with Crippen LogP contribution in [0.2, 0.25) is 0 Å². The van der Waals surface area contributed by atoms with E-state index in [2.05, 4.69) is 21.4 Å². The zero-order chi connectivity index (χ0) is 19.9. The van der Waals surface area contributed by atoms with Crippen LogP contribution in [0.15, 0.2) is 23.5 Å². The first-order chi connectivity index (χ1) is 13.3. The van der Waals surface area contributed by atoms with Crippen LogP contribution in [0, 0.1) is 0 Å². The van der Waals surface area contributed by atoms with E-state index >= 15 is 0 Å². The quantitative estimate of drug-likeness (QED) is 0.760. The molecule has 0 unspecified atom stereocenters. The van der Waals surface area contributed by atoms with Gasteiger partial charge < -0.3 is 10.2 Å². The van der Waals surface area contributed by atoms with Crippen molar-refractivity contribution in [2.24, 2.45) is 0 Å². The molecule has 2 N–H and O–H groups in total. The lowest BCUT2D eigenvalue weighted by molar-refractivity contribution is 0.256. The van der Waals surface area contributed by atoms with Crippen LogP contribution in [0.3, 0.4) is 0 Å². The summed E-state index contributed by atoms with van der Waals surface area (Å²) >= 11 is 0. The molecule has 8 nitrogen and oxygen atoms in total. The van der Waals surface area contributed by atoms with Crippen LogP contribution in [0.4, 0.5) is 16.3 Å². The van der Waals surface area contributed by atoms with Gasteiger partial charge in [0.05, 0.1) is 0 Å². The molecule has 1 aromatic heterocycles. The number of carbonyl (C=O) groups is 1. The van der Waals surface area contributed by atoms with E-state index in [1.807, 2.05) is 4.72 Å². The molecule has 2 aliphatic rings. The van der Waals surface area contributed by atoms with Crippen molar-refractivity contribution in [2.45, 2.75) is 43.7 Å². The average Bonchev–Trinajstić information content (AvgIpc) is 3.30.